The predicted octanol–water partition coefficient (Wildman–Crippen LogP) is 0.847. The fourth-order valence-electron chi connectivity index (χ4n) is 3.14. The Labute approximate surface area is 157 Å². The summed E-state index contributed by atoms with van der Waals surface area (Å²) in [5, 5.41) is 2.86. The van der Waals surface area contributed by atoms with Gasteiger partial charge in [0.25, 0.3) is 5.91 Å². The number of halogens is 1. The van der Waals surface area contributed by atoms with Crippen molar-refractivity contribution in [1.82, 2.24) is 4.90 Å². The van der Waals surface area contributed by atoms with Gasteiger partial charge in [0.15, 0.2) is 6.54 Å². The van der Waals surface area contributed by atoms with E-state index in [1.165, 1.54) is 9.80 Å². The molecule has 0 bridgehead atoms. The minimum Gasteiger partial charge on any atom is -0.364 e. The summed E-state index contributed by atoms with van der Waals surface area (Å²) in [5.41, 5.74) is 1.73. The summed E-state index contributed by atoms with van der Waals surface area (Å²) in [5.74, 6) is -0.223. The predicted molar refractivity (Wildman–Crippen MR) is 101 cm³/mol. The first-order valence-electron chi connectivity index (χ1n) is 8.53. The Kier molecular flexibility index (Phi) is 6.98. The highest BCUT2D eigenvalue weighted by Gasteiger charge is 2.28. The fourth-order valence-corrected chi connectivity index (χ4v) is 3.62. The molecule has 1 aliphatic heterocycles. The molecule has 1 aromatic rings. The molecule has 1 heterocycles. The number of anilines is 1. The zero-order valence-corrected chi connectivity index (χ0v) is 16.9. The number of rotatable bonds is 5. The van der Waals surface area contributed by atoms with Crippen LogP contribution in [0.3, 0.4) is 0 Å². The summed E-state index contributed by atoms with van der Waals surface area (Å²) in [4.78, 5) is 27.3. The zero-order valence-electron chi connectivity index (χ0n) is 15.3. The first-order chi connectivity index (χ1) is 11.7. The monoisotopic (exact) mass is 412 g/mol. The Balaban J connectivity index is 1.84. The van der Waals surface area contributed by atoms with Gasteiger partial charge in [-0.1, -0.05) is 15.9 Å². The summed E-state index contributed by atoms with van der Waals surface area (Å²) in [6.45, 7) is 8.04. The normalized spacial score (nSPS) is 23.2. The molecule has 2 rings (SSSR count). The van der Waals surface area contributed by atoms with Gasteiger partial charge in [-0.05, 0) is 44.5 Å². The number of carbonyl (C=O) groups is 2. The number of hydrogen-bond acceptors (Lipinski definition) is 3. The van der Waals surface area contributed by atoms with E-state index < -0.39 is 0 Å². The van der Waals surface area contributed by atoms with Gasteiger partial charge in [-0.2, -0.15) is 0 Å². The number of morpholine rings is 1. The number of nitrogens with zero attached hydrogens (tertiary/aromatic N) is 1. The summed E-state index contributed by atoms with van der Waals surface area (Å²) in [7, 11) is 1.67. The molecule has 1 aliphatic rings. The van der Waals surface area contributed by atoms with Crippen molar-refractivity contribution in [1.29, 1.82) is 0 Å². The fraction of sp³-hybridized carbons (Fsp3) is 0.556. The number of likely N-dealkylation sites (N-methyl/N-ethyl adjacent to an activating group) is 1. The number of benzene rings is 1. The zero-order chi connectivity index (χ0) is 18.6. The second-order valence-electron chi connectivity index (χ2n) is 6.85. The van der Waals surface area contributed by atoms with E-state index in [4.69, 9.17) is 4.74 Å². The third-order valence-corrected chi connectivity index (χ3v) is 4.78. The summed E-state index contributed by atoms with van der Waals surface area (Å²) < 4.78 is 6.66. The van der Waals surface area contributed by atoms with Gasteiger partial charge >= 0.3 is 0 Å². The molecule has 2 amide bonds. The van der Waals surface area contributed by atoms with Crippen LogP contribution < -0.4 is 10.2 Å². The third-order valence-electron chi connectivity index (χ3n) is 4.29. The van der Waals surface area contributed by atoms with Crippen molar-refractivity contribution in [2.45, 2.75) is 33.0 Å². The molecule has 0 saturated carbocycles. The van der Waals surface area contributed by atoms with Crippen LogP contribution in [0.4, 0.5) is 5.69 Å². The molecule has 2 atom stereocenters. The maximum absolute atomic E-state index is 12.4. The Hall–Kier alpha value is -1.44. The van der Waals surface area contributed by atoms with Crippen molar-refractivity contribution in [2.75, 3.05) is 38.5 Å². The number of aryl methyl sites for hydroxylation is 1. The van der Waals surface area contributed by atoms with Crippen molar-refractivity contribution >= 4 is 33.4 Å². The van der Waals surface area contributed by atoms with E-state index in [0.717, 1.165) is 28.8 Å². The minimum absolute atomic E-state index is 0.0287. The molecule has 0 radical (unpaired) electrons. The highest BCUT2D eigenvalue weighted by molar-refractivity contribution is 9.10. The largest absolute Gasteiger partial charge is 0.364 e. The molecular formula is C18H27BrN3O3+. The van der Waals surface area contributed by atoms with Crippen molar-refractivity contribution in [2.24, 2.45) is 0 Å². The number of nitrogens with one attached hydrogen (secondary N) is 2. The highest BCUT2D eigenvalue weighted by atomic mass is 79.9. The molecule has 1 aromatic carbocycles. The Morgan fingerprint density at radius 3 is 2.56 bits per heavy atom. The van der Waals surface area contributed by atoms with Gasteiger partial charge in [0, 0.05) is 17.2 Å². The van der Waals surface area contributed by atoms with Crippen molar-refractivity contribution in [3.8, 4) is 0 Å². The Morgan fingerprint density at radius 2 is 1.96 bits per heavy atom. The van der Waals surface area contributed by atoms with E-state index in [1.54, 1.807) is 7.05 Å². The van der Waals surface area contributed by atoms with Crippen LogP contribution in [0.2, 0.25) is 0 Å². The first-order valence-corrected chi connectivity index (χ1v) is 9.33. The third kappa shape index (κ3) is 6.09. The smallest absolute Gasteiger partial charge is 0.277 e. The lowest BCUT2D eigenvalue weighted by atomic mass is 10.2. The van der Waals surface area contributed by atoms with E-state index in [2.05, 4.69) is 21.2 Å². The molecule has 25 heavy (non-hydrogen) atoms. The van der Waals surface area contributed by atoms with Crippen molar-refractivity contribution in [3.05, 3.63) is 28.2 Å². The van der Waals surface area contributed by atoms with E-state index in [-0.39, 0.29) is 30.6 Å². The van der Waals surface area contributed by atoms with Crippen LogP contribution in [0.15, 0.2) is 22.7 Å². The Bertz CT molecular complexity index is 628. The van der Waals surface area contributed by atoms with E-state index in [1.807, 2.05) is 39.0 Å². The number of quaternary nitrogens is 1. The molecule has 1 fully saturated rings. The van der Waals surface area contributed by atoms with Crippen LogP contribution >= 0.6 is 15.9 Å². The molecule has 0 unspecified atom stereocenters. The van der Waals surface area contributed by atoms with E-state index in [0.29, 0.717) is 6.54 Å². The average molecular weight is 413 g/mol. The maximum Gasteiger partial charge on any atom is 0.277 e. The number of amides is 2. The molecule has 1 saturated heterocycles. The lowest BCUT2D eigenvalue weighted by molar-refractivity contribution is -0.907. The molecule has 2 N–H and O–H groups in total. The van der Waals surface area contributed by atoms with Gasteiger partial charge in [0.05, 0.1) is 6.54 Å². The molecular weight excluding hydrogens is 386 g/mol. The average Bonchev–Trinajstić information content (AvgIpc) is 2.49. The van der Waals surface area contributed by atoms with E-state index in [9.17, 15) is 9.59 Å². The molecule has 0 spiro atoms. The van der Waals surface area contributed by atoms with Gasteiger partial charge in [-0.15, -0.1) is 0 Å². The minimum atomic E-state index is -0.194. The topological polar surface area (TPSA) is 63.1 Å². The van der Waals surface area contributed by atoms with Crippen molar-refractivity contribution in [3.63, 3.8) is 0 Å². The van der Waals surface area contributed by atoms with Gasteiger partial charge in [0.1, 0.15) is 25.3 Å². The van der Waals surface area contributed by atoms with Crippen molar-refractivity contribution < 1.29 is 19.2 Å². The number of ether oxygens (including phenoxy) is 1. The molecule has 6 nitrogen and oxygen atoms in total. The van der Waals surface area contributed by atoms with Crippen LogP contribution in [-0.4, -0.2) is 62.1 Å². The van der Waals surface area contributed by atoms with Gasteiger partial charge < -0.3 is 19.9 Å². The quantitative estimate of drug-likeness (QED) is 0.753. The molecule has 7 heteroatoms. The summed E-state index contributed by atoms with van der Waals surface area (Å²) in [6.07, 6.45) is 0.307. The Morgan fingerprint density at radius 1 is 1.32 bits per heavy atom. The van der Waals surface area contributed by atoms with Gasteiger partial charge in [-0.25, -0.2) is 0 Å². The van der Waals surface area contributed by atoms with Gasteiger partial charge in [0.2, 0.25) is 5.91 Å². The van der Waals surface area contributed by atoms with E-state index >= 15 is 0 Å². The van der Waals surface area contributed by atoms with Crippen LogP contribution in [0.1, 0.15) is 19.4 Å². The summed E-state index contributed by atoms with van der Waals surface area (Å²) >= 11 is 3.40. The summed E-state index contributed by atoms with van der Waals surface area (Å²) in [6, 6.07) is 5.66. The van der Waals surface area contributed by atoms with Gasteiger partial charge in [-0.3, -0.25) is 9.59 Å². The number of carbonyl (C=O) groups excluding carboxylic acids is 2. The standard InChI is InChI=1S/C18H26BrN3O3/c1-12-7-15(19)5-6-16(12)20-17(23)10-21(4)18(24)11-22-8-13(2)25-14(3)9-22/h5-7,13-14H,8-11H2,1-4H3,(H,20,23)/p+1/t13-,14-/m0/s1. The second-order valence-corrected chi connectivity index (χ2v) is 7.77. The SMILES string of the molecule is Cc1cc(Br)ccc1NC(=O)CN(C)C(=O)C[NH+]1C[C@H](C)O[C@@H](C)C1. The molecule has 0 aromatic heterocycles. The van der Waals surface area contributed by atoms with Crippen LogP contribution in [0, 0.1) is 6.92 Å². The second kappa shape index (κ2) is 8.78. The van der Waals surface area contributed by atoms with Crippen LogP contribution in [0.25, 0.3) is 0 Å². The van der Waals surface area contributed by atoms with Crippen LogP contribution in [0.5, 0.6) is 0 Å². The molecule has 0 aliphatic carbocycles. The highest BCUT2D eigenvalue weighted by Crippen LogP contribution is 2.19. The number of hydrogen-bond donors (Lipinski definition) is 2. The molecule has 138 valence electrons. The maximum atomic E-state index is 12.4. The van der Waals surface area contributed by atoms with Crippen LogP contribution in [-0.2, 0) is 14.3 Å². The lowest BCUT2D eigenvalue weighted by Crippen LogP contribution is -3.16. The first kappa shape index (κ1) is 19.9. The lowest BCUT2D eigenvalue weighted by Gasteiger charge is -2.32.